The predicted octanol–water partition coefficient (Wildman–Crippen LogP) is 3.50. The first-order chi connectivity index (χ1) is 10.2. The molecule has 2 N–H and O–H groups in total. The monoisotopic (exact) mass is 303 g/mol. The average molecular weight is 304 g/mol. The van der Waals surface area contributed by atoms with Crippen molar-refractivity contribution in [1.29, 1.82) is 0 Å². The summed E-state index contributed by atoms with van der Waals surface area (Å²) in [6.45, 7) is 0. The summed E-state index contributed by atoms with van der Waals surface area (Å²) in [7, 11) is 1.58. The number of carbonyl (C=O) groups excluding carboxylic acids is 1. The number of hydrazone groups is 1. The molecular formula is C15H14ClN3O2. The number of anilines is 1. The quantitative estimate of drug-likeness (QED) is 0.670. The Balaban J connectivity index is 1.93. The van der Waals surface area contributed by atoms with Crippen LogP contribution in [0, 0.1) is 0 Å². The molecule has 108 valence electrons. The molecule has 0 aliphatic carbocycles. The largest absolute Gasteiger partial charge is 0.496 e. The molecule has 0 bridgehead atoms. The van der Waals surface area contributed by atoms with Crippen LogP contribution in [0.5, 0.6) is 5.75 Å². The molecule has 0 spiro atoms. The third-order valence-electron chi connectivity index (χ3n) is 2.59. The second-order valence-electron chi connectivity index (χ2n) is 4.08. The molecule has 0 aromatic heterocycles. The molecule has 2 aromatic carbocycles. The number of hydrogen-bond acceptors (Lipinski definition) is 3. The minimum Gasteiger partial charge on any atom is -0.496 e. The molecule has 2 rings (SSSR count). The van der Waals surface area contributed by atoms with Gasteiger partial charge in [0.1, 0.15) is 5.75 Å². The highest BCUT2D eigenvalue weighted by atomic mass is 35.5. The van der Waals surface area contributed by atoms with Gasteiger partial charge in [-0.1, -0.05) is 29.8 Å². The Kier molecular flexibility index (Phi) is 5.17. The van der Waals surface area contributed by atoms with E-state index in [-0.39, 0.29) is 0 Å². The minimum atomic E-state index is -0.455. The molecule has 0 radical (unpaired) electrons. The molecule has 6 heteroatoms. The van der Waals surface area contributed by atoms with E-state index in [1.807, 2.05) is 24.3 Å². The highest BCUT2D eigenvalue weighted by Gasteiger charge is 2.01. The van der Waals surface area contributed by atoms with E-state index in [9.17, 15) is 4.79 Å². The lowest BCUT2D eigenvalue weighted by atomic mass is 10.2. The molecule has 0 atom stereocenters. The second kappa shape index (κ2) is 7.31. The lowest BCUT2D eigenvalue weighted by Crippen LogP contribution is -2.24. The van der Waals surface area contributed by atoms with E-state index in [0.717, 1.165) is 5.56 Å². The zero-order valence-corrected chi connectivity index (χ0v) is 12.1. The van der Waals surface area contributed by atoms with Crippen molar-refractivity contribution in [3.8, 4) is 5.75 Å². The number of para-hydroxylation sites is 1. The number of carbonyl (C=O) groups is 1. The summed E-state index contributed by atoms with van der Waals surface area (Å²) in [6.07, 6.45) is 1.51. The molecule has 0 fully saturated rings. The van der Waals surface area contributed by atoms with Crippen LogP contribution in [0.1, 0.15) is 5.56 Å². The van der Waals surface area contributed by atoms with Crippen LogP contribution in [0.2, 0.25) is 5.02 Å². The fraction of sp³-hybridized carbons (Fsp3) is 0.0667. The molecule has 0 aliphatic heterocycles. The van der Waals surface area contributed by atoms with Gasteiger partial charge in [-0.25, -0.2) is 10.2 Å². The summed E-state index contributed by atoms with van der Waals surface area (Å²) >= 11 is 5.83. The van der Waals surface area contributed by atoms with Gasteiger partial charge in [0.15, 0.2) is 0 Å². The van der Waals surface area contributed by atoms with E-state index in [0.29, 0.717) is 16.5 Å². The molecule has 0 heterocycles. The van der Waals surface area contributed by atoms with E-state index in [1.54, 1.807) is 31.4 Å². The molecule has 2 amide bonds. The van der Waals surface area contributed by atoms with Crippen molar-refractivity contribution in [1.82, 2.24) is 5.43 Å². The second-order valence-corrected chi connectivity index (χ2v) is 4.51. The number of benzene rings is 2. The number of amides is 2. The fourth-order valence-electron chi connectivity index (χ4n) is 1.66. The molecular weight excluding hydrogens is 290 g/mol. The van der Waals surface area contributed by atoms with Crippen molar-refractivity contribution in [2.24, 2.45) is 5.10 Å². The molecule has 0 saturated heterocycles. The molecule has 0 aliphatic rings. The molecule has 21 heavy (non-hydrogen) atoms. The van der Waals surface area contributed by atoms with Gasteiger partial charge in [0.2, 0.25) is 0 Å². The lowest BCUT2D eigenvalue weighted by Gasteiger charge is -2.05. The van der Waals surface area contributed by atoms with Crippen LogP contribution in [-0.2, 0) is 0 Å². The zero-order valence-electron chi connectivity index (χ0n) is 11.3. The Labute approximate surface area is 127 Å². The topological polar surface area (TPSA) is 62.7 Å². The van der Waals surface area contributed by atoms with Crippen LogP contribution in [0.4, 0.5) is 10.5 Å². The van der Waals surface area contributed by atoms with E-state index < -0.39 is 6.03 Å². The summed E-state index contributed by atoms with van der Waals surface area (Å²) in [4.78, 5) is 11.7. The number of methoxy groups -OCH3 is 1. The van der Waals surface area contributed by atoms with Gasteiger partial charge in [-0.2, -0.15) is 5.10 Å². The third kappa shape index (κ3) is 4.50. The molecule has 5 nitrogen and oxygen atoms in total. The van der Waals surface area contributed by atoms with Crippen molar-refractivity contribution < 1.29 is 9.53 Å². The maximum Gasteiger partial charge on any atom is 0.339 e. The summed E-state index contributed by atoms with van der Waals surface area (Å²) in [5, 5.41) is 7.03. The van der Waals surface area contributed by atoms with E-state index in [4.69, 9.17) is 16.3 Å². The van der Waals surface area contributed by atoms with Crippen molar-refractivity contribution >= 4 is 29.5 Å². The lowest BCUT2D eigenvalue weighted by molar-refractivity contribution is 0.252. The number of halogens is 1. The van der Waals surface area contributed by atoms with Crippen LogP contribution in [0.15, 0.2) is 53.6 Å². The molecule has 0 unspecified atom stereocenters. The van der Waals surface area contributed by atoms with Gasteiger partial charge in [-0.3, -0.25) is 0 Å². The minimum absolute atomic E-state index is 0.455. The fourth-order valence-corrected chi connectivity index (χ4v) is 1.85. The van der Waals surface area contributed by atoms with E-state index in [2.05, 4.69) is 15.8 Å². The van der Waals surface area contributed by atoms with Crippen molar-refractivity contribution in [2.75, 3.05) is 12.4 Å². The summed E-state index contributed by atoms with van der Waals surface area (Å²) in [5.41, 5.74) is 3.73. The molecule has 2 aromatic rings. The van der Waals surface area contributed by atoms with Gasteiger partial charge in [-0.05, 0) is 30.3 Å². The Morgan fingerprint density at radius 1 is 1.24 bits per heavy atom. The number of rotatable bonds is 4. The standard InChI is InChI=1S/C15H14ClN3O2/c1-21-14-8-3-2-5-11(14)10-17-19-15(20)18-13-7-4-6-12(16)9-13/h2-10H,1H3,(H2,18,19,20)/b17-10-. The smallest absolute Gasteiger partial charge is 0.339 e. The average Bonchev–Trinajstić information content (AvgIpc) is 2.47. The first kappa shape index (κ1) is 14.9. The van der Waals surface area contributed by atoms with Crippen molar-refractivity contribution in [3.63, 3.8) is 0 Å². The van der Waals surface area contributed by atoms with Gasteiger partial charge in [0.05, 0.1) is 13.3 Å². The number of nitrogens with one attached hydrogen (secondary N) is 2. The Bertz CT molecular complexity index is 659. The number of nitrogens with zero attached hydrogens (tertiary/aromatic N) is 1. The van der Waals surface area contributed by atoms with Gasteiger partial charge in [0.25, 0.3) is 0 Å². The maximum atomic E-state index is 11.7. The first-order valence-electron chi connectivity index (χ1n) is 6.17. The number of ether oxygens (including phenoxy) is 1. The van der Waals surface area contributed by atoms with Gasteiger partial charge in [0, 0.05) is 16.3 Å². The van der Waals surface area contributed by atoms with Crippen LogP contribution < -0.4 is 15.5 Å². The van der Waals surface area contributed by atoms with Gasteiger partial charge < -0.3 is 10.1 Å². The highest BCUT2D eigenvalue weighted by Crippen LogP contribution is 2.15. The van der Waals surface area contributed by atoms with E-state index >= 15 is 0 Å². The van der Waals surface area contributed by atoms with Crippen LogP contribution in [0.3, 0.4) is 0 Å². The van der Waals surface area contributed by atoms with Gasteiger partial charge in [-0.15, -0.1) is 0 Å². The van der Waals surface area contributed by atoms with E-state index in [1.165, 1.54) is 6.21 Å². The summed E-state index contributed by atoms with van der Waals surface area (Å²) in [5.74, 6) is 0.679. The van der Waals surface area contributed by atoms with Gasteiger partial charge >= 0.3 is 6.03 Å². The van der Waals surface area contributed by atoms with Crippen molar-refractivity contribution in [2.45, 2.75) is 0 Å². The Morgan fingerprint density at radius 2 is 2.05 bits per heavy atom. The van der Waals surface area contributed by atoms with Crippen LogP contribution >= 0.6 is 11.6 Å². The zero-order chi connectivity index (χ0) is 15.1. The number of urea groups is 1. The molecule has 0 saturated carbocycles. The SMILES string of the molecule is COc1ccccc1/C=N\NC(=O)Nc1cccc(Cl)c1. The highest BCUT2D eigenvalue weighted by molar-refractivity contribution is 6.30. The Hall–Kier alpha value is -2.53. The van der Waals surface area contributed by atoms with Crippen LogP contribution in [-0.4, -0.2) is 19.4 Å². The number of hydrogen-bond donors (Lipinski definition) is 2. The predicted molar refractivity (Wildman–Crippen MR) is 84.2 cm³/mol. The maximum absolute atomic E-state index is 11.7. The summed E-state index contributed by atoms with van der Waals surface area (Å²) < 4.78 is 5.18. The summed E-state index contributed by atoms with van der Waals surface area (Å²) in [6, 6.07) is 13.8. The Morgan fingerprint density at radius 3 is 2.81 bits per heavy atom. The first-order valence-corrected chi connectivity index (χ1v) is 6.55. The van der Waals surface area contributed by atoms with Crippen molar-refractivity contribution in [3.05, 3.63) is 59.1 Å². The normalized spacial score (nSPS) is 10.4. The third-order valence-corrected chi connectivity index (χ3v) is 2.83. The van der Waals surface area contributed by atoms with Crippen LogP contribution in [0.25, 0.3) is 0 Å².